The van der Waals surface area contributed by atoms with Crippen LogP contribution >= 0.6 is 0 Å². The van der Waals surface area contributed by atoms with Crippen LogP contribution in [0, 0.1) is 12.3 Å². The molecule has 4 heteroatoms. The Kier molecular flexibility index (Phi) is 2.12. The van der Waals surface area contributed by atoms with E-state index >= 15 is 0 Å². The fraction of sp³-hybridized carbons (Fsp3) is 0.700. The smallest absolute Gasteiger partial charge is 0.0628 e. The number of hydrogen-bond donors (Lipinski definition) is 2. The summed E-state index contributed by atoms with van der Waals surface area (Å²) in [6.45, 7) is 2.75. The van der Waals surface area contributed by atoms with E-state index in [-0.39, 0.29) is 12.0 Å². The second kappa shape index (κ2) is 3.07. The summed E-state index contributed by atoms with van der Waals surface area (Å²) < 4.78 is 1.82. The van der Waals surface area contributed by atoms with Crippen molar-refractivity contribution in [3.05, 3.63) is 17.5 Å². The first-order valence-corrected chi connectivity index (χ1v) is 4.94. The summed E-state index contributed by atoms with van der Waals surface area (Å²) in [5.74, 6) is 0.409. The lowest BCUT2D eigenvalue weighted by atomic mass is 10.0. The molecule has 1 aliphatic carbocycles. The van der Waals surface area contributed by atoms with Gasteiger partial charge in [-0.05, 0) is 24.8 Å². The maximum absolute atomic E-state index is 9.28. The Balaban J connectivity index is 2.23. The van der Waals surface area contributed by atoms with Crippen molar-refractivity contribution in [2.45, 2.75) is 19.3 Å². The van der Waals surface area contributed by atoms with E-state index in [0.717, 1.165) is 12.1 Å². The Bertz CT molecular complexity index is 341. The number of aliphatic hydroxyl groups is 1. The molecule has 2 rings (SSSR count). The van der Waals surface area contributed by atoms with Gasteiger partial charge in [0.1, 0.15) is 0 Å². The van der Waals surface area contributed by atoms with Crippen molar-refractivity contribution in [3.8, 4) is 0 Å². The van der Waals surface area contributed by atoms with E-state index in [9.17, 15) is 5.11 Å². The fourth-order valence-corrected chi connectivity index (χ4v) is 2.21. The van der Waals surface area contributed by atoms with Gasteiger partial charge in [0.05, 0.1) is 12.3 Å². The molecular formula is C10H17N3O. The molecule has 1 aliphatic rings. The molecule has 1 saturated carbocycles. The minimum absolute atomic E-state index is 0.0617. The molecule has 1 aromatic heterocycles. The maximum atomic E-state index is 9.28. The molecule has 0 aliphatic heterocycles. The second-order valence-electron chi connectivity index (χ2n) is 4.32. The first-order valence-electron chi connectivity index (χ1n) is 4.94. The normalized spacial score (nSPS) is 30.7. The van der Waals surface area contributed by atoms with Crippen molar-refractivity contribution >= 4 is 0 Å². The van der Waals surface area contributed by atoms with Crippen molar-refractivity contribution in [1.82, 2.24) is 9.78 Å². The molecule has 0 saturated heterocycles. The van der Waals surface area contributed by atoms with Crippen LogP contribution in [0.25, 0.3) is 0 Å². The van der Waals surface area contributed by atoms with Crippen molar-refractivity contribution < 1.29 is 5.11 Å². The zero-order chi connectivity index (χ0) is 10.3. The summed E-state index contributed by atoms with van der Waals surface area (Å²) in [4.78, 5) is 0. The van der Waals surface area contributed by atoms with Crippen LogP contribution in [-0.2, 0) is 7.05 Å². The largest absolute Gasteiger partial charge is 0.396 e. The van der Waals surface area contributed by atoms with Crippen LogP contribution < -0.4 is 5.73 Å². The minimum atomic E-state index is -0.0617. The van der Waals surface area contributed by atoms with Gasteiger partial charge in [-0.3, -0.25) is 4.68 Å². The molecule has 0 bridgehead atoms. The van der Waals surface area contributed by atoms with E-state index in [1.807, 2.05) is 24.9 Å². The van der Waals surface area contributed by atoms with Crippen LogP contribution in [-0.4, -0.2) is 28.0 Å². The third-order valence-electron chi connectivity index (χ3n) is 3.34. The van der Waals surface area contributed by atoms with Crippen molar-refractivity contribution in [2.75, 3.05) is 13.2 Å². The lowest BCUT2D eigenvalue weighted by molar-refractivity contribution is 0.211. The number of aliphatic hydroxyl groups excluding tert-OH is 1. The van der Waals surface area contributed by atoms with Crippen LogP contribution in [0.4, 0.5) is 0 Å². The molecule has 2 unspecified atom stereocenters. The van der Waals surface area contributed by atoms with Gasteiger partial charge in [-0.15, -0.1) is 0 Å². The number of nitrogens with zero attached hydrogens (tertiary/aromatic N) is 2. The second-order valence-corrected chi connectivity index (χ2v) is 4.32. The molecule has 1 heterocycles. The third-order valence-corrected chi connectivity index (χ3v) is 3.34. The third kappa shape index (κ3) is 1.26. The molecule has 4 nitrogen and oxygen atoms in total. The standard InChI is InChI=1S/C10H17N3O/c1-7-8(4-13(2)12-7)9-3-10(9,5-11)6-14/h4,9,14H,3,5-6,11H2,1-2H3. The van der Waals surface area contributed by atoms with Crippen LogP contribution in [0.3, 0.4) is 0 Å². The van der Waals surface area contributed by atoms with Crippen molar-refractivity contribution in [3.63, 3.8) is 0 Å². The van der Waals surface area contributed by atoms with Crippen LogP contribution in [0.1, 0.15) is 23.6 Å². The van der Waals surface area contributed by atoms with E-state index in [0.29, 0.717) is 12.5 Å². The summed E-state index contributed by atoms with van der Waals surface area (Å²) in [6.07, 6.45) is 3.03. The molecule has 0 amide bonds. The van der Waals surface area contributed by atoms with Gasteiger partial charge < -0.3 is 10.8 Å². The lowest BCUT2D eigenvalue weighted by Crippen LogP contribution is -2.21. The molecule has 0 radical (unpaired) electrons. The highest BCUT2D eigenvalue weighted by Gasteiger charge is 2.54. The van der Waals surface area contributed by atoms with Crippen molar-refractivity contribution in [2.24, 2.45) is 18.2 Å². The van der Waals surface area contributed by atoms with Crippen LogP contribution in [0.5, 0.6) is 0 Å². The number of aromatic nitrogens is 2. The molecule has 1 fully saturated rings. The van der Waals surface area contributed by atoms with Gasteiger partial charge in [0.2, 0.25) is 0 Å². The molecule has 2 atom stereocenters. The lowest BCUT2D eigenvalue weighted by Gasteiger charge is -2.09. The molecule has 0 spiro atoms. The van der Waals surface area contributed by atoms with E-state index in [2.05, 4.69) is 5.10 Å². The molecule has 3 N–H and O–H groups in total. The predicted octanol–water partition coefficient (Wildman–Crippen LogP) is 0.153. The molecular weight excluding hydrogens is 178 g/mol. The predicted molar refractivity (Wildman–Crippen MR) is 53.9 cm³/mol. The zero-order valence-corrected chi connectivity index (χ0v) is 8.70. The van der Waals surface area contributed by atoms with Crippen LogP contribution in [0.15, 0.2) is 6.20 Å². The van der Waals surface area contributed by atoms with E-state index < -0.39 is 0 Å². The van der Waals surface area contributed by atoms with Crippen molar-refractivity contribution in [1.29, 1.82) is 0 Å². The van der Waals surface area contributed by atoms with E-state index in [1.165, 1.54) is 5.56 Å². The number of aryl methyl sites for hydroxylation is 2. The summed E-state index contributed by atoms with van der Waals surface area (Å²) >= 11 is 0. The summed E-state index contributed by atoms with van der Waals surface area (Å²) in [5.41, 5.74) is 7.91. The highest BCUT2D eigenvalue weighted by Crippen LogP contribution is 2.58. The highest BCUT2D eigenvalue weighted by atomic mass is 16.3. The van der Waals surface area contributed by atoms with Gasteiger partial charge in [0.15, 0.2) is 0 Å². The first-order chi connectivity index (χ1) is 6.63. The van der Waals surface area contributed by atoms with Gasteiger partial charge in [-0.1, -0.05) is 0 Å². The van der Waals surface area contributed by atoms with Gasteiger partial charge in [0.25, 0.3) is 0 Å². The maximum Gasteiger partial charge on any atom is 0.0628 e. The van der Waals surface area contributed by atoms with Gasteiger partial charge in [-0.2, -0.15) is 5.10 Å². The Labute approximate surface area is 83.7 Å². The number of hydrogen-bond acceptors (Lipinski definition) is 3. The van der Waals surface area contributed by atoms with E-state index in [4.69, 9.17) is 5.73 Å². The monoisotopic (exact) mass is 195 g/mol. The Morgan fingerprint density at radius 1 is 1.79 bits per heavy atom. The summed E-state index contributed by atoms with van der Waals surface area (Å²) in [6, 6.07) is 0. The highest BCUT2D eigenvalue weighted by molar-refractivity contribution is 5.31. The Morgan fingerprint density at radius 2 is 2.50 bits per heavy atom. The average Bonchev–Trinajstić information content (AvgIpc) is 2.80. The molecule has 1 aromatic rings. The van der Waals surface area contributed by atoms with Gasteiger partial charge >= 0.3 is 0 Å². The topological polar surface area (TPSA) is 64.1 Å². The molecule has 78 valence electrons. The average molecular weight is 195 g/mol. The Morgan fingerprint density at radius 3 is 2.86 bits per heavy atom. The van der Waals surface area contributed by atoms with E-state index in [1.54, 1.807) is 0 Å². The summed E-state index contributed by atoms with van der Waals surface area (Å²) in [7, 11) is 1.92. The molecule has 0 aromatic carbocycles. The Hall–Kier alpha value is -0.870. The SMILES string of the molecule is Cc1nn(C)cc1C1CC1(CN)CO. The minimum Gasteiger partial charge on any atom is -0.396 e. The number of nitrogens with two attached hydrogens (primary N) is 1. The molecule has 14 heavy (non-hydrogen) atoms. The van der Waals surface area contributed by atoms with Gasteiger partial charge in [-0.25, -0.2) is 0 Å². The van der Waals surface area contributed by atoms with Gasteiger partial charge in [0, 0.05) is 25.2 Å². The summed E-state index contributed by atoms with van der Waals surface area (Å²) in [5, 5.41) is 13.6. The fourth-order valence-electron chi connectivity index (χ4n) is 2.21. The zero-order valence-electron chi connectivity index (χ0n) is 8.70. The number of rotatable bonds is 3. The van der Waals surface area contributed by atoms with Crippen LogP contribution in [0.2, 0.25) is 0 Å². The quantitative estimate of drug-likeness (QED) is 0.721. The first kappa shape index (κ1) is 9.68.